The van der Waals surface area contributed by atoms with E-state index in [1.54, 1.807) is 24.6 Å². The van der Waals surface area contributed by atoms with E-state index >= 15 is 0 Å². The number of amides is 1. The summed E-state index contributed by atoms with van der Waals surface area (Å²) in [4.78, 5) is 42.1. The zero-order valence-corrected chi connectivity index (χ0v) is 17.5. The lowest BCUT2D eigenvalue weighted by molar-refractivity contribution is 0.0962. The highest BCUT2D eigenvalue weighted by molar-refractivity contribution is 7.18. The van der Waals surface area contributed by atoms with Gasteiger partial charge in [0.2, 0.25) is 0 Å². The minimum absolute atomic E-state index is 0.0892. The first-order chi connectivity index (χ1) is 13.6. The molecule has 1 aliphatic heterocycles. The average Bonchev–Trinajstić information content (AvgIpc) is 3.34. The van der Waals surface area contributed by atoms with Gasteiger partial charge >= 0.3 is 0 Å². The van der Waals surface area contributed by atoms with Crippen molar-refractivity contribution in [3.8, 4) is 0 Å². The maximum absolute atomic E-state index is 11.9. The molecule has 0 bridgehead atoms. The number of aromatic nitrogens is 3. The zero-order valence-electron chi connectivity index (χ0n) is 15.8. The molecule has 4 heterocycles. The number of H-pyrrole nitrogens is 1. The summed E-state index contributed by atoms with van der Waals surface area (Å²) in [7, 11) is 1.62. The number of aromatic amines is 1. The Morgan fingerprint density at radius 3 is 2.79 bits per heavy atom. The van der Waals surface area contributed by atoms with E-state index in [0.717, 1.165) is 48.1 Å². The molecule has 2 N–H and O–H groups in total. The van der Waals surface area contributed by atoms with Gasteiger partial charge in [0.05, 0.1) is 11.7 Å². The molecule has 1 saturated heterocycles. The fourth-order valence-electron chi connectivity index (χ4n) is 3.26. The number of carbonyl (C=O) groups excluding carboxylic acids is 1. The predicted molar refractivity (Wildman–Crippen MR) is 113 cm³/mol. The largest absolute Gasteiger partial charge is 0.360 e. The molecule has 3 aromatic heterocycles. The molecule has 0 aromatic carbocycles. The third-order valence-corrected chi connectivity index (χ3v) is 6.89. The monoisotopic (exact) mass is 418 g/mol. The second-order valence-electron chi connectivity index (χ2n) is 6.64. The molecule has 10 heteroatoms. The van der Waals surface area contributed by atoms with Gasteiger partial charge in [-0.3, -0.25) is 14.5 Å². The first-order valence-electron chi connectivity index (χ1n) is 9.24. The second-order valence-corrected chi connectivity index (χ2v) is 8.77. The molecular formula is C18H22N6O2S2. The summed E-state index contributed by atoms with van der Waals surface area (Å²) >= 11 is 3.08. The molecule has 0 unspecified atom stereocenters. The van der Waals surface area contributed by atoms with E-state index in [-0.39, 0.29) is 11.5 Å². The van der Waals surface area contributed by atoms with Gasteiger partial charge in [-0.05, 0) is 12.5 Å². The first kappa shape index (κ1) is 19.0. The molecule has 4 rings (SSSR count). The van der Waals surface area contributed by atoms with Crippen LogP contribution in [0.2, 0.25) is 0 Å². The number of fused-ring (bicyclic) bond motifs is 1. The molecule has 148 valence electrons. The third kappa shape index (κ3) is 3.80. The van der Waals surface area contributed by atoms with Crippen LogP contribution >= 0.6 is 22.7 Å². The lowest BCUT2D eigenvalue weighted by Gasteiger charge is -2.34. The molecule has 0 radical (unpaired) electrons. The Morgan fingerprint density at radius 2 is 2.07 bits per heavy atom. The summed E-state index contributed by atoms with van der Waals surface area (Å²) in [6.45, 7) is 6.46. The van der Waals surface area contributed by atoms with Crippen LogP contribution in [0.3, 0.4) is 0 Å². The highest BCUT2D eigenvalue weighted by Gasteiger charge is 2.21. The standard InChI is InChI=1S/C18H22N6O2S2/c1-3-12-15(25)21-13-8-11(27-17(13)22-12)10-23-4-6-24(7-5-23)14-9-20-18(28-14)16(26)19-2/h8-9H,3-7,10H2,1-2H3,(H,19,26)(H,21,25). The Labute approximate surface area is 170 Å². The van der Waals surface area contributed by atoms with Gasteiger partial charge in [0.25, 0.3) is 11.5 Å². The number of anilines is 1. The molecule has 0 atom stereocenters. The van der Waals surface area contributed by atoms with Crippen molar-refractivity contribution in [1.29, 1.82) is 0 Å². The van der Waals surface area contributed by atoms with Crippen molar-refractivity contribution in [3.63, 3.8) is 0 Å². The van der Waals surface area contributed by atoms with E-state index in [1.807, 2.05) is 13.0 Å². The first-order valence-corrected chi connectivity index (χ1v) is 10.9. The minimum Gasteiger partial charge on any atom is -0.360 e. The third-order valence-electron chi connectivity index (χ3n) is 4.82. The van der Waals surface area contributed by atoms with Gasteiger partial charge in [-0.2, -0.15) is 0 Å². The van der Waals surface area contributed by atoms with E-state index in [4.69, 9.17) is 0 Å². The maximum Gasteiger partial charge on any atom is 0.280 e. The van der Waals surface area contributed by atoms with E-state index in [9.17, 15) is 9.59 Å². The molecular weight excluding hydrogens is 396 g/mol. The number of thiazole rings is 1. The Hall–Kier alpha value is -2.30. The lowest BCUT2D eigenvalue weighted by Crippen LogP contribution is -2.45. The van der Waals surface area contributed by atoms with Gasteiger partial charge in [0.15, 0.2) is 5.01 Å². The van der Waals surface area contributed by atoms with Gasteiger partial charge in [-0.25, -0.2) is 9.97 Å². The molecule has 28 heavy (non-hydrogen) atoms. The SMILES string of the molecule is CCc1nc2sc(CN3CCN(c4cnc(C(=O)NC)s4)CC3)cc2[nH]c1=O. The molecule has 0 spiro atoms. The van der Waals surface area contributed by atoms with Crippen LogP contribution in [-0.2, 0) is 13.0 Å². The molecule has 1 aliphatic rings. The number of hydrogen-bond acceptors (Lipinski definition) is 8. The number of nitrogens with zero attached hydrogens (tertiary/aromatic N) is 4. The smallest absolute Gasteiger partial charge is 0.280 e. The van der Waals surface area contributed by atoms with Gasteiger partial charge in [0, 0.05) is 44.6 Å². The van der Waals surface area contributed by atoms with Crippen molar-refractivity contribution in [2.45, 2.75) is 19.9 Å². The summed E-state index contributed by atoms with van der Waals surface area (Å²) in [6, 6.07) is 2.04. The Kier molecular flexibility index (Phi) is 5.42. The van der Waals surface area contributed by atoms with Gasteiger partial charge in [-0.1, -0.05) is 18.3 Å². The lowest BCUT2D eigenvalue weighted by atomic mass is 10.3. The van der Waals surface area contributed by atoms with Crippen molar-refractivity contribution in [2.24, 2.45) is 0 Å². The Morgan fingerprint density at radius 1 is 1.29 bits per heavy atom. The molecule has 0 aliphatic carbocycles. The summed E-state index contributed by atoms with van der Waals surface area (Å²) < 4.78 is 0. The van der Waals surface area contributed by atoms with E-state index in [1.165, 1.54) is 16.2 Å². The van der Waals surface area contributed by atoms with E-state index < -0.39 is 0 Å². The predicted octanol–water partition coefficient (Wildman–Crippen LogP) is 1.69. The van der Waals surface area contributed by atoms with Gasteiger partial charge in [0.1, 0.15) is 15.5 Å². The van der Waals surface area contributed by atoms with Crippen molar-refractivity contribution in [3.05, 3.63) is 38.2 Å². The van der Waals surface area contributed by atoms with E-state index in [0.29, 0.717) is 17.1 Å². The quantitative estimate of drug-likeness (QED) is 0.655. The number of rotatable bonds is 5. The number of carbonyl (C=O) groups is 1. The van der Waals surface area contributed by atoms with Crippen LogP contribution in [0.5, 0.6) is 0 Å². The topological polar surface area (TPSA) is 94.2 Å². The van der Waals surface area contributed by atoms with Crippen LogP contribution in [0.25, 0.3) is 10.3 Å². The van der Waals surface area contributed by atoms with Crippen LogP contribution in [0.4, 0.5) is 5.00 Å². The van der Waals surface area contributed by atoms with Crippen LogP contribution in [0.1, 0.15) is 27.3 Å². The van der Waals surface area contributed by atoms with Gasteiger partial charge < -0.3 is 15.2 Å². The van der Waals surface area contributed by atoms with E-state index in [2.05, 4.69) is 30.1 Å². The fourth-order valence-corrected chi connectivity index (χ4v) is 5.22. The van der Waals surface area contributed by atoms with Crippen LogP contribution in [0, 0.1) is 0 Å². The summed E-state index contributed by atoms with van der Waals surface area (Å²) in [5.74, 6) is -0.141. The molecule has 8 nitrogen and oxygen atoms in total. The number of piperazine rings is 1. The zero-order chi connectivity index (χ0) is 19.7. The molecule has 3 aromatic rings. The van der Waals surface area contributed by atoms with Gasteiger partial charge in [-0.15, -0.1) is 11.3 Å². The van der Waals surface area contributed by atoms with Crippen molar-refractivity contribution < 1.29 is 4.79 Å². The van der Waals surface area contributed by atoms with Crippen LogP contribution in [0.15, 0.2) is 17.1 Å². The highest BCUT2D eigenvalue weighted by atomic mass is 32.1. The molecule has 1 amide bonds. The Balaban J connectivity index is 1.39. The van der Waals surface area contributed by atoms with Crippen LogP contribution < -0.4 is 15.8 Å². The summed E-state index contributed by atoms with van der Waals surface area (Å²) in [6.07, 6.45) is 2.42. The fraction of sp³-hybridized carbons (Fsp3) is 0.444. The number of thiophene rings is 1. The van der Waals surface area contributed by atoms with Crippen LogP contribution in [-0.4, -0.2) is 59.0 Å². The summed E-state index contributed by atoms with van der Waals surface area (Å²) in [5.41, 5.74) is 1.33. The maximum atomic E-state index is 11.9. The van der Waals surface area contributed by atoms with Crippen molar-refractivity contribution >= 4 is 43.9 Å². The average molecular weight is 419 g/mol. The normalized spacial score (nSPS) is 15.3. The number of nitrogens with one attached hydrogen (secondary N) is 2. The summed E-state index contributed by atoms with van der Waals surface area (Å²) in [5, 5.41) is 4.14. The van der Waals surface area contributed by atoms with Crippen molar-refractivity contribution in [1.82, 2.24) is 25.2 Å². The number of hydrogen-bond donors (Lipinski definition) is 2. The minimum atomic E-state index is -0.141. The molecule has 0 saturated carbocycles. The van der Waals surface area contributed by atoms with Crippen molar-refractivity contribution in [2.75, 3.05) is 38.1 Å². The molecule has 1 fully saturated rings. The highest BCUT2D eigenvalue weighted by Crippen LogP contribution is 2.26. The Bertz CT molecular complexity index is 1050. The second kappa shape index (κ2) is 7.98. The number of aryl methyl sites for hydroxylation is 1.